The van der Waals surface area contributed by atoms with E-state index in [1.165, 1.54) is 0 Å². The minimum absolute atomic E-state index is 0.0523. The molecular formula is C14H23NO3. The average Bonchev–Trinajstić information content (AvgIpc) is 2.27. The number of carboxylic acid groups (broad SMARTS) is 1. The summed E-state index contributed by atoms with van der Waals surface area (Å²) in [4.78, 5) is 25.1. The zero-order valence-electron chi connectivity index (χ0n) is 11.5. The van der Waals surface area contributed by atoms with Crippen LogP contribution in [0.1, 0.15) is 40.0 Å². The van der Waals surface area contributed by atoms with Gasteiger partial charge in [-0.2, -0.15) is 0 Å². The molecule has 1 fully saturated rings. The third-order valence-electron chi connectivity index (χ3n) is 3.59. The minimum atomic E-state index is -0.799. The molecule has 1 saturated heterocycles. The minimum Gasteiger partial charge on any atom is -0.481 e. The summed E-state index contributed by atoms with van der Waals surface area (Å²) in [5, 5.41) is 9.06. The van der Waals surface area contributed by atoms with Gasteiger partial charge in [0, 0.05) is 18.5 Å². The van der Waals surface area contributed by atoms with Crippen molar-refractivity contribution >= 4 is 11.9 Å². The number of piperidine rings is 1. The largest absolute Gasteiger partial charge is 0.481 e. The normalized spacial score (nSPS) is 25.6. The van der Waals surface area contributed by atoms with E-state index in [1.54, 1.807) is 4.90 Å². The first kappa shape index (κ1) is 14.7. The van der Waals surface area contributed by atoms with Crippen LogP contribution in [0.4, 0.5) is 0 Å². The fourth-order valence-electron chi connectivity index (χ4n) is 2.51. The summed E-state index contributed by atoms with van der Waals surface area (Å²) in [7, 11) is 0. The lowest BCUT2D eigenvalue weighted by molar-refractivity contribution is -0.148. The predicted molar refractivity (Wildman–Crippen MR) is 70.1 cm³/mol. The highest BCUT2D eigenvalue weighted by atomic mass is 16.4. The second-order valence-corrected chi connectivity index (χ2v) is 5.51. The van der Waals surface area contributed by atoms with Crippen molar-refractivity contribution < 1.29 is 14.7 Å². The molecule has 3 unspecified atom stereocenters. The van der Waals surface area contributed by atoms with Gasteiger partial charge in [-0.1, -0.05) is 12.5 Å². The van der Waals surface area contributed by atoms with Crippen molar-refractivity contribution in [1.29, 1.82) is 0 Å². The van der Waals surface area contributed by atoms with E-state index in [0.29, 0.717) is 19.4 Å². The van der Waals surface area contributed by atoms with Crippen LogP contribution in [0.2, 0.25) is 0 Å². The number of carboxylic acids is 1. The van der Waals surface area contributed by atoms with Crippen molar-refractivity contribution in [2.24, 2.45) is 11.8 Å². The fourth-order valence-corrected chi connectivity index (χ4v) is 2.51. The zero-order valence-corrected chi connectivity index (χ0v) is 11.5. The Bertz CT molecular complexity index is 351. The predicted octanol–water partition coefficient (Wildman–Crippen LogP) is 2.30. The van der Waals surface area contributed by atoms with Crippen molar-refractivity contribution in [3.8, 4) is 0 Å². The van der Waals surface area contributed by atoms with Gasteiger partial charge in [-0.15, -0.1) is 6.58 Å². The molecule has 0 spiro atoms. The van der Waals surface area contributed by atoms with Gasteiger partial charge < -0.3 is 10.0 Å². The lowest BCUT2D eigenvalue weighted by Crippen LogP contribution is -2.49. The van der Waals surface area contributed by atoms with Crippen LogP contribution in [0, 0.1) is 11.8 Å². The van der Waals surface area contributed by atoms with Crippen LogP contribution in [0.15, 0.2) is 12.2 Å². The maximum atomic E-state index is 12.3. The molecule has 0 bridgehead atoms. The Balaban J connectivity index is 2.69. The van der Waals surface area contributed by atoms with E-state index in [4.69, 9.17) is 5.11 Å². The molecule has 102 valence electrons. The number of hydrogen-bond acceptors (Lipinski definition) is 2. The fraction of sp³-hybridized carbons (Fsp3) is 0.714. The number of carbonyl (C=O) groups is 2. The Morgan fingerprint density at radius 2 is 2.06 bits per heavy atom. The second-order valence-electron chi connectivity index (χ2n) is 5.51. The van der Waals surface area contributed by atoms with E-state index in [-0.39, 0.29) is 17.9 Å². The molecule has 1 aliphatic heterocycles. The SMILES string of the molecule is C=C(C)CC(C)C(=O)N1CC(C(=O)O)CCC1C. The number of allylic oxidation sites excluding steroid dienone is 1. The summed E-state index contributed by atoms with van der Waals surface area (Å²) in [6.45, 7) is 9.94. The highest BCUT2D eigenvalue weighted by molar-refractivity contribution is 5.80. The first-order valence-corrected chi connectivity index (χ1v) is 6.50. The molecule has 3 atom stereocenters. The lowest BCUT2D eigenvalue weighted by Gasteiger charge is -2.38. The third-order valence-corrected chi connectivity index (χ3v) is 3.59. The van der Waals surface area contributed by atoms with Crippen molar-refractivity contribution in [1.82, 2.24) is 4.90 Å². The van der Waals surface area contributed by atoms with Crippen LogP contribution in [0.5, 0.6) is 0 Å². The molecule has 0 saturated carbocycles. The molecule has 0 radical (unpaired) electrons. The summed E-state index contributed by atoms with van der Waals surface area (Å²) in [5.41, 5.74) is 0.982. The van der Waals surface area contributed by atoms with Crippen LogP contribution in [0.3, 0.4) is 0 Å². The first-order chi connectivity index (χ1) is 8.32. The van der Waals surface area contributed by atoms with Crippen LogP contribution in [-0.4, -0.2) is 34.5 Å². The average molecular weight is 253 g/mol. The molecule has 4 heteroatoms. The number of likely N-dealkylation sites (tertiary alicyclic amines) is 1. The Kier molecular flexibility index (Phi) is 4.93. The van der Waals surface area contributed by atoms with E-state index < -0.39 is 11.9 Å². The highest BCUT2D eigenvalue weighted by Crippen LogP contribution is 2.25. The Morgan fingerprint density at radius 3 is 2.56 bits per heavy atom. The van der Waals surface area contributed by atoms with E-state index >= 15 is 0 Å². The molecule has 0 aromatic heterocycles. The van der Waals surface area contributed by atoms with Crippen LogP contribution < -0.4 is 0 Å². The number of aliphatic carboxylic acids is 1. The maximum Gasteiger partial charge on any atom is 0.308 e. The number of nitrogens with zero attached hydrogens (tertiary/aromatic N) is 1. The molecule has 1 amide bonds. The summed E-state index contributed by atoms with van der Waals surface area (Å²) >= 11 is 0. The molecule has 1 N–H and O–H groups in total. The molecule has 1 heterocycles. The quantitative estimate of drug-likeness (QED) is 0.782. The monoisotopic (exact) mass is 253 g/mol. The van der Waals surface area contributed by atoms with Gasteiger partial charge in [0.1, 0.15) is 0 Å². The van der Waals surface area contributed by atoms with Crippen molar-refractivity contribution in [2.45, 2.75) is 46.1 Å². The standard InChI is InChI=1S/C14H23NO3/c1-9(2)7-10(3)13(16)15-8-12(14(17)18)6-5-11(15)4/h10-12H,1,5-8H2,2-4H3,(H,17,18). The summed E-state index contributed by atoms with van der Waals surface area (Å²) in [6.07, 6.45) is 2.09. The zero-order chi connectivity index (χ0) is 13.9. The van der Waals surface area contributed by atoms with Crippen LogP contribution >= 0.6 is 0 Å². The molecule has 1 aliphatic rings. The summed E-state index contributed by atoms with van der Waals surface area (Å²) < 4.78 is 0. The smallest absolute Gasteiger partial charge is 0.308 e. The number of rotatable bonds is 4. The van der Waals surface area contributed by atoms with Gasteiger partial charge in [-0.3, -0.25) is 9.59 Å². The molecular weight excluding hydrogens is 230 g/mol. The van der Waals surface area contributed by atoms with Gasteiger partial charge in [0.15, 0.2) is 0 Å². The Morgan fingerprint density at radius 1 is 1.44 bits per heavy atom. The first-order valence-electron chi connectivity index (χ1n) is 6.50. The lowest BCUT2D eigenvalue weighted by atomic mass is 9.91. The molecule has 18 heavy (non-hydrogen) atoms. The van der Waals surface area contributed by atoms with E-state index in [1.807, 2.05) is 20.8 Å². The molecule has 0 aliphatic carbocycles. The van der Waals surface area contributed by atoms with Gasteiger partial charge in [0.25, 0.3) is 0 Å². The summed E-state index contributed by atoms with van der Waals surface area (Å²) in [5.74, 6) is -1.27. The summed E-state index contributed by atoms with van der Waals surface area (Å²) in [6, 6.07) is 0.140. The van der Waals surface area contributed by atoms with Crippen molar-refractivity contribution in [3.63, 3.8) is 0 Å². The van der Waals surface area contributed by atoms with Crippen LogP contribution in [-0.2, 0) is 9.59 Å². The number of hydrogen-bond donors (Lipinski definition) is 1. The Labute approximate surface area is 109 Å². The molecule has 0 aromatic carbocycles. The topological polar surface area (TPSA) is 57.6 Å². The van der Waals surface area contributed by atoms with E-state index in [0.717, 1.165) is 12.0 Å². The van der Waals surface area contributed by atoms with E-state index in [2.05, 4.69) is 6.58 Å². The van der Waals surface area contributed by atoms with Crippen LogP contribution in [0.25, 0.3) is 0 Å². The second kappa shape index (κ2) is 6.03. The van der Waals surface area contributed by atoms with Gasteiger partial charge in [0.2, 0.25) is 5.91 Å². The number of amides is 1. The van der Waals surface area contributed by atoms with Crippen molar-refractivity contribution in [3.05, 3.63) is 12.2 Å². The maximum absolute atomic E-state index is 12.3. The molecule has 4 nitrogen and oxygen atoms in total. The van der Waals surface area contributed by atoms with Gasteiger partial charge in [-0.05, 0) is 33.1 Å². The molecule has 0 aromatic rings. The third kappa shape index (κ3) is 3.59. The number of carbonyl (C=O) groups excluding carboxylic acids is 1. The van der Waals surface area contributed by atoms with Gasteiger partial charge in [0.05, 0.1) is 5.92 Å². The highest BCUT2D eigenvalue weighted by Gasteiger charge is 2.34. The Hall–Kier alpha value is -1.32. The van der Waals surface area contributed by atoms with Gasteiger partial charge in [-0.25, -0.2) is 0 Å². The molecule has 1 rings (SSSR count). The van der Waals surface area contributed by atoms with E-state index in [9.17, 15) is 9.59 Å². The van der Waals surface area contributed by atoms with Crippen molar-refractivity contribution in [2.75, 3.05) is 6.54 Å². The van der Waals surface area contributed by atoms with Gasteiger partial charge >= 0.3 is 5.97 Å².